The second-order valence-electron chi connectivity index (χ2n) is 1.96. The highest BCUT2D eigenvalue weighted by Crippen LogP contribution is 2.24. The second kappa shape index (κ2) is 3.48. The van der Waals surface area contributed by atoms with E-state index in [9.17, 15) is 4.79 Å². The molecule has 0 radical (unpaired) electrons. The molecule has 0 atom stereocenters. The average molecular weight is 171 g/mol. The molecule has 0 saturated heterocycles. The Morgan fingerprint density at radius 3 is 3.00 bits per heavy atom. The molecule has 1 rings (SSSR count). The van der Waals surface area contributed by atoms with E-state index >= 15 is 0 Å². The first-order valence-electron chi connectivity index (χ1n) is 3.33. The van der Waals surface area contributed by atoms with E-state index in [1.807, 2.05) is 13.8 Å². The molecule has 0 aliphatic carbocycles. The third kappa shape index (κ3) is 1.77. The average Bonchev–Trinajstić information content (AvgIpc) is 2.32. The largest absolute Gasteiger partial charge is 0.483 e. The van der Waals surface area contributed by atoms with Gasteiger partial charge in [0, 0.05) is 0 Å². The summed E-state index contributed by atoms with van der Waals surface area (Å²) in [7, 11) is 0. The molecule has 0 aliphatic heterocycles. The molecule has 0 aliphatic rings. The Morgan fingerprint density at radius 1 is 1.73 bits per heavy atom. The summed E-state index contributed by atoms with van der Waals surface area (Å²) in [4.78, 5) is 14.4. The monoisotopic (exact) mass is 171 g/mol. The number of rotatable bonds is 3. The van der Waals surface area contributed by atoms with Crippen LogP contribution in [0.5, 0.6) is 5.06 Å². The zero-order valence-corrected chi connectivity index (χ0v) is 7.27. The van der Waals surface area contributed by atoms with Gasteiger partial charge < -0.3 is 4.74 Å². The predicted molar refractivity (Wildman–Crippen MR) is 43.4 cm³/mol. The Balaban J connectivity index is 2.92. The van der Waals surface area contributed by atoms with E-state index in [2.05, 4.69) is 4.98 Å². The maximum absolute atomic E-state index is 10.4. The SMILES string of the molecule is CCOc1sc(C)nc1C=O. The van der Waals surface area contributed by atoms with E-state index in [0.717, 1.165) is 5.01 Å². The minimum Gasteiger partial charge on any atom is -0.483 e. The Labute approximate surface area is 69.0 Å². The number of aryl methyl sites for hydroxylation is 1. The second-order valence-corrected chi connectivity index (χ2v) is 3.12. The summed E-state index contributed by atoms with van der Waals surface area (Å²) in [6, 6.07) is 0. The molecule has 0 fully saturated rings. The standard InChI is InChI=1S/C7H9NO2S/c1-3-10-7-6(4-9)8-5(2)11-7/h4H,3H2,1-2H3. The van der Waals surface area contributed by atoms with Crippen LogP contribution in [0.2, 0.25) is 0 Å². The molecule has 1 aromatic heterocycles. The van der Waals surface area contributed by atoms with Crippen molar-refractivity contribution in [2.45, 2.75) is 13.8 Å². The Bertz CT molecular complexity index is 257. The van der Waals surface area contributed by atoms with Gasteiger partial charge in [-0.15, -0.1) is 0 Å². The van der Waals surface area contributed by atoms with Gasteiger partial charge in [0.25, 0.3) is 0 Å². The number of aromatic nitrogens is 1. The summed E-state index contributed by atoms with van der Waals surface area (Å²) in [6.07, 6.45) is 0.717. The summed E-state index contributed by atoms with van der Waals surface area (Å²) in [5, 5.41) is 1.48. The molecule has 1 aromatic rings. The highest BCUT2D eigenvalue weighted by Gasteiger charge is 2.07. The maximum Gasteiger partial charge on any atom is 0.205 e. The zero-order chi connectivity index (χ0) is 8.27. The van der Waals surface area contributed by atoms with Crippen molar-refractivity contribution in [3.05, 3.63) is 10.7 Å². The number of thiazole rings is 1. The number of carbonyl (C=O) groups is 1. The van der Waals surface area contributed by atoms with Crippen LogP contribution >= 0.6 is 11.3 Å². The Kier molecular flexibility index (Phi) is 2.59. The molecule has 0 amide bonds. The van der Waals surface area contributed by atoms with Gasteiger partial charge in [0.05, 0.1) is 11.6 Å². The highest BCUT2D eigenvalue weighted by molar-refractivity contribution is 7.13. The number of hydrogen-bond donors (Lipinski definition) is 0. The summed E-state index contributed by atoms with van der Waals surface area (Å²) in [5.41, 5.74) is 0.411. The Hall–Kier alpha value is -0.900. The normalized spacial score (nSPS) is 9.64. The molecule has 0 N–H and O–H groups in total. The fourth-order valence-electron chi connectivity index (χ4n) is 0.733. The molecule has 0 unspecified atom stereocenters. The summed E-state index contributed by atoms with van der Waals surface area (Å²) in [6.45, 7) is 4.30. The summed E-state index contributed by atoms with van der Waals surface area (Å²) >= 11 is 1.40. The third-order valence-corrected chi connectivity index (χ3v) is 2.01. The maximum atomic E-state index is 10.4. The van der Waals surface area contributed by atoms with Gasteiger partial charge in [-0.05, 0) is 13.8 Å². The zero-order valence-electron chi connectivity index (χ0n) is 6.46. The van der Waals surface area contributed by atoms with Crippen LogP contribution in [0.25, 0.3) is 0 Å². The van der Waals surface area contributed by atoms with E-state index in [4.69, 9.17) is 4.74 Å². The molecular weight excluding hydrogens is 162 g/mol. The van der Waals surface area contributed by atoms with E-state index in [0.29, 0.717) is 23.7 Å². The summed E-state index contributed by atoms with van der Waals surface area (Å²) < 4.78 is 5.17. The number of nitrogens with zero attached hydrogens (tertiary/aromatic N) is 1. The van der Waals surface area contributed by atoms with Crippen molar-refractivity contribution in [2.75, 3.05) is 6.61 Å². The predicted octanol–water partition coefficient (Wildman–Crippen LogP) is 1.66. The minimum atomic E-state index is 0.411. The van der Waals surface area contributed by atoms with Crippen molar-refractivity contribution < 1.29 is 9.53 Å². The topological polar surface area (TPSA) is 39.2 Å². The van der Waals surface area contributed by atoms with Crippen LogP contribution in [0, 0.1) is 6.92 Å². The van der Waals surface area contributed by atoms with E-state index in [1.54, 1.807) is 0 Å². The van der Waals surface area contributed by atoms with Gasteiger partial charge >= 0.3 is 0 Å². The van der Waals surface area contributed by atoms with Crippen molar-refractivity contribution in [3.8, 4) is 5.06 Å². The molecule has 0 bridgehead atoms. The number of aldehydes is 1. The lowest BCUT2D eigenvalue weighted by Gasteiger charge is -1.95. The van der Waals surface area contributed by atoms with E-state index in [1.165, 1.54) is 11.3 Å². The molecule has 0 spiro atoms. The lowest BCUT2D eigenvalue weighted by molar-refractivity contribution is 0.111. The van der Waals surface area contributed by atoms with Crippen molar-refractivity contribution in [3.63, 3.8) is 0 Å². The van der Waals surface area contributed by atoms with Crippen molar-refractivity contribution >= 4 is 17.6 Å². The fourth-order valence-corrected chi connectivity index (χ4v) is 1.52. The molecule has 11 heavy (non-hydrogen) atoms. The third-order valence-electron chi connectivity index (χ3n) is 1.11. The van der Waals surface area contributed by atoms with Gasteiger partial charge in [0.1, 0.15) is 0 Å². The number of hydrogen-bond acceptors (Lipinski definition) is 4. The first kappa shape index (κ1) is 8.20. The fraction of sp³-hybridized carbons (Fsp3) is 0.429. The molecule has 1 heterocycles. The molecule has 0 saturated carbocycles. The Morgan fingerprint density at radius 2 is 2.45 bits per heavy atom. The van der Waals surface area contributed by atoms with Crippen molar-refractivity contribution in [1.82, 2.24) is 4.98 Å². The lowest BCUT2D eigenvalue weighted by atomic mass is 10.5. The van der Waals surface area contributed by atoms with Crippen LogP contribution in [0.15, 0.2) is 0 Å². The first-order chi connectivity index (χ1) is 5.27. The van der Waals surface area contributed by atoms with Gasteiger partial charge in [-0.2, -0.15) is 0 Å². The van der Waals surface area contributed by atoms with Crippen LogP contribution in [-0.4, -0.2) is 17.9 Å². The molecular formula is C7H9NO2S. The number of ether oxygens (including phenoxy) is 1. The van der Waals surface area contributed by atoms with Crippen molar-refractivity contribution in [2.24, 2.45) is 0 Å². The highest BCUT2D eigenvalue weighted by atomic mass is 32.1. The van der Waals surface area contributed by atoms with Gasteiger partial charge in [-0.25, -0.2) is 4.98 Å². The molecule has 60 valence electrons. The quantitative estimate of drug-likeness (QED) is 0.649. The van der Waals surface area contributed by atoms with Crippen LogP contribution in [0.1, 0.15) is 22.4 Å². The van der Waals surface area contributed by atoms with Crippen LogP contribution in [-0.2, 0) is 0 Å². The van der Waals surface area contributed by atoms with E-state index in [-0.39, 0.29) is 0 Å². The van der Waals surface area contributed by atoms with Crippen LogP contribution < -0.4 is 4.74 Å². The van der Waals surface area contributed by atoms with Gasteiger partial charge in [0.2, 0.25) is 5.06 Å². The minimum absolute atomic E-state index is 0.411. The first-order valence-corrected chi connectivity index (χ1v) is 4.15. The molecule has 0 aromatic carbocycles. The smallest absolute Gasteiger partial charge is 0.205 e. The van der Waals surface area contributed by atoms with Gasteiger partial charge in [-0.3, -0.25) is 4.79 Å². The van der Waals surface area contributed by atoms with Crippen molar-refractivity contribution in [1.29, 1.82) is 0 Å². The van der Waals surface area contributed by atoms with E-state index < -0.39 is 0 Å². The van der Waals surface area contributed by atoms with Crippen LogP contribution in [0.3, 0.4) is 0 Å². The lowest BCUT2D eigenvalue weighted by Crippen LogP contribution is -1.92. The summed E-state index contributed by atoms with van der Waals surface area (Å²) in [5.74, 6) is 0. The molecule has 3 nitrogen and oxygen atoms in total. The molecule has 4 heteroatoms. The van der Waals surface area contributed by atoms with Gasteiger partial charge in [0.15, 0.2) is 12.0 Å². The van der Waals surface area contributed by atoms with Gasteiger partial charge in [-0.1, -0.05) is 11.3 Å². The number of carbonyl (C=O) groups excluding carboxylic acids is 1. The van der Waals surface area contributed by atoms with Crippen LogP contribution in [0.4, 0.5) is 0 Å².